The summed E-state index contributed by atoms with van der Waals surface area (Å²) >= 11 is 6.05. The van der Waals surface area contributed by atoms with Crippen LogP contribution < -0.4 is 11.1 Å². The lowest BCUT2D eigenvalue weighted by atomic mass is 10.1. The van der Waals surface area contributed by atoms with E-state index in [1.165, 1.54) is 6.07 Å². The largest absolute Gasteiger partial charge is 0.399 e. The quantitative estimate of drug-likeness (QED) is 0.785. The molecule has 3 N–H and O–H groups in total. The van der Waals surface area contributed by atoms with Gasteiger partial charge in [-0.2, -0.15) is 0 Å². The minimum absolute atomic E-state index is 0. The van der Waals surface area contributed by atoms with Crippen LogP contribution in [0.25, 0.3) is 0 Å². The number of nitrogen functional groups attached to an aromatic ring is 1. The third-order valence-electron chi connectivity index (χ3n) is 4.19. The molecule has 0 bridgehead atoms. The molecule has 2 aromatic rings. The van der Waals surface area contributed by atoms with Crippen LogP contribution in [-0.2, 0) is 11.2 Å². The Hall–Kier alpha value is -1.78. The van der Waals surface area contributed by atoms with Gasteiger partial charge in [0.25, 0.3) is 0 Å². The number of hydrogen-bond acceptors (Lipinski definition) is 2. The summed E-state index contributed by atoms with van der Waals surface area (Å²) in [5, 5.41) is 3.31. The molecule has 3 rings (SSSR count). The Kier molecular flexibility index (Phi) is 6.08. The number of halogens is 3. The summed E-state index contributed by atoms with van der Waals surface area (Å²) in [5.41, 5.74) is 7.94. The van der Waals surface area contributed by atoms with Crippen LogP contribution in [0.5, 0.6) is 0 Å². The van der Waals surface area contributed by atoms with Crippen molar-refractivity contribution in [3.8, 4) is 0 Å². The lowest BCUT2D eigenvalue weighted by Crippen LogP contribution is -2.27. The number of hydrogen-bond donors (Lipinski definition) is 2. The van der Waals surface area contributed by atoms with Crippen molar-refractivity contribution in [2.24, 2.45) is 5.92 Å². The van der Waals surface area contributed by atoms with Crippen LogP contribution in [-0.4, -0.2) is 12.5 Å². The van der Waals surface area contributed by atoms with Gasteiger partial charge in [0, 0.05) is 34.7 Å². The average Bonchev–Trinajstić information content (AvgIpc) is 3.29. The van der Waals surface area contributed by atoms with Crippen molar-refractivity contribution in [3.63, 3.8) is 0 Å². The van der Waals surface area contributed by atoms with Gasteiger partial charge in [0.15, 0.2) is 0 Å². The van der Waals surface area contributed by atoms with E-state index in [1.54, 1.807) is 12.1 Å². The van der Waals surface area contributed by atoms with Crippen LogP contribution in [0.1, 0.15) is 23.5 Å². The SMILES string of the molecule is Cl.Nc1ccc(CCNC(=O)C2CC2c2c(F)cccc2Cl)cc1. The predicted molar refractivity (Wildman–Crippen MR) is 97.1 cm³/mol. The lowest BCUT2D eigenvalue weighted by molar-refractivity contribution is -0.122. The van der Waals surface area contributed by atoms with Gasteiger partial charge >= 0.3 is 0 Å². The molecule has 1 aliphatic rings. The van der Waals surface area contributed by atoms with Gasteiger partial charge < -0.3 is 11.1 Å². The van der Waals surface area contributed by atoms with Crippen LogP contribution in [0.2, 0.25) is 5.02 Å². The Balaban J connectivity index is 0.00000208. The number of nitrogens with one attached hydrogen (secondary N) is 1. The maximum atomic E-state index is 13.9. The van der Waals surface area contributed by atoms with Gasteiger partial charge in [-0.15, -0.1) is 12.4 Å². The van der Waals surface area contributed by atoms with E-state index in [0.717, 1.165) is 17.7 Å². The van der Waals surface area contributed by atoms with Gasteiger partial charge in [-0.05, 0) is 42.7 Å². The fourth-order valence-corrected chi connectivity index (χ4v) is 3.12. The van der Waals surface area contributed by atoms with Crippen molar-refractivity contribution in [1.29, 1.82) is 0 Å². The van der Waals surface area contributed by atoms with Crippen molar-refractivity contribution in [1.82, 2.24) is 5.32 Å². The highest BCUT2D eigenvalue weighted by molar-refractivity contribution is 6.31. The van der Waals surface area contributed by atoms with Crippen LogP contribution in [0.15, 0.2) is 42.5 Å². The molecular weight excluding hydrogens is 350 g/mol. The zero-order valence-electron chi connectivity index (χ0n) is 13.0. The normalized spacial score (nSPS) is 18.6. The van der Waals surface area contributed by atoms with Gasteiger partial charge in [0.1, 0.15) is 5.82 Å². The second kappa shape index (κ2) is 7.86. The van der Waals surface area contributed by atoms with Gasteiger partial charge in [0.05, 0.1) is 0 Å². The molecule has 24 heavy (non-hydrogen) atoms. The Labute approximate surface area is 151 Å². The molecule has 0 spiro atoms. The molecule has 6 heteroatoms. The molecule has 2 atom stereocenters. The molecule has 0 heterocycles. The molecule has 0 radical (unpaired) electrons. The highest BCUT2D eigenvalue weighted by Crippen LogP contribution is 2.50. The second-order valence-electron chi connectivity index (χ2n) is 5.87. The summed E-state index contributed by atoms with van der Waals surface area (Å²) in [5.74, 6) is -0.666. The van der Waals surface area contributed by atoms with Crippen LogP contribution in [0, 0.1) is 11.7 Å². The van der Waals surface area contributed by atoms with E-state index in [-0.39, 0.29) is 36.0 Å². The topological polar surface area (TPSA) is 55.1 Å². The molecule has 0 aliphatic heterocycles. The van der Waals surface area contributed by atoms with Crippen molar-refractivity contribution in [2.45, 2.75) is 18.8 Å². The predicted octanol–water partition coefficient (Wildman–Crippen LogP) is 3.95. The zero-order chi connectivity index (χ0) is 16.4. The number of carbonyl (C=O) groups is 1. The van der Waals surface area contributed by atoms with E-state index in [9.17, 15) is 9.18 Å². The molecule has 1 aliphatic carbocycles. The summed E-state index contributed by atoms with van der Waals surface area (Å²) < 4.78 is 13.9. The lowest BCUT2D eigenvalue weighted by Gasteiger charge is -2.07. The van der Waals surface area contributed by atoms with Crippen LogP contribution in [0.3, 0.4) is 0 Å². The van der Waals surface area contributed by atoms with Crippen molar-refractivity contribution >= 4 is 35.6 Å². The molecule has 128 valence electrons. The fraction of sp³-hybridized carbons (Fsp3) is 0.278. The van der Waals surface area contributed by atoms with E-state index in [0.29, 0.717) is 23.6 Å². The maximum absolute atomic E-state index is 13.9. The summed E-state index contributed by atoms with van der Waals surface area (Å²) in [6, 6.07) is 12.2. The molecule has 2 aromatic carbocycles. The number of nitrogens with two attached hydrogens (primary N) is 1. The number of anilines is 1. The van der Waals surface area contributed by atoms with Gasteiger partial charge in [-0.1, -0.05) is 29.8 Å². The first-order chi connectivity index (χ1) is 11.1. The Morgan fingerprint density at radius 3 is 2.62 bits per heavy atom. The summed E-state index contributed by atoms with van der Waals surface area (Å²) in [4.78, 5) is 12.2. The monoisotopic (exact) mass is 368 g/mol. The van der Waals surface area contributed by atoms with E-state index >= 15 is 0 Å². The minimum Gasteiger partial charge on any atom is -0.399 e. The summed E-state index contributed by atoms with van der Waals surface area (Å²) in [7, 11) is 0. The zero-order valence-corrected chi connectivity index (χ0v) is 14.5. The molecule has 1 fully saturated rings. The fourth-order valence-electron chi connectivity index (χ4n) is 2.81. The Morgan fingerprint density at radius 2 is 1.96 bits per heavy atom. The smallest absolute Gasteiger partial charge is 0.223 e. The second-order valence-corrected chi connectivity index (χ2v) is 6.27. The molecule has 0 saturated heterocycles. The van der Waals surface area contributed by atoms with Gasteiger partial charge in [-0.25, -0.2) is 4.39 Å². The van der Waals surface area contributed by atoms with E-state index in [4.69, 9.17) is 17.3 Å². The van der Waals surface area contributed by atoms with Crippen molar-refractivity contribution in [3.05, 3.63) is 64.4 Å². The standard InChI is InChI=1S/C18H18ClFN2O.ClH/c19-15-2-1-3-16(20)17(15)13-10-14(13)18(23)22-9-8-11-4-6-12(21)7-5-11;/h1-7,13-14H,8-10,21H2,(H,22,23);1H. The van der Waals surface area contributed by atoms with E-state index in [2.05, 4.69) is 5.32 Å². The number of rotatable bonds is 5. The van der Waals surface area contributed by atoms with Crippen molar-refractivity contribution in [2.75, 3.05) is 12.3 Å². The first kappa shape index (κ1) is 18.6. The molecular formula is C18H19Cl2FN2O. The summed E-state index contributed by atoms with van der Waals surface area (Å²) in [6.45, 7) is 0.553. The van der Waals surface area contributed by atoms with Gasteiger partial charge in [0.2, 0.25) is 5.91 Å². The van der Waals surface area contributed by atoms with Crippen LogP contribution >= 0.6 is 24.0 Å². The molecule has 0 aromatic heterocycles. The van der Waals surface area contributed by atoms with E-state index in [1.807, 2.05) is 24.3 Å². The molecule has 3 nitrogen and oxygen atoms in total. The molecule has 1 amide bonds. The number of benzene rings is 2. The average molecular weight is 369 g/mol. The first-order valence-electron chi connectivity index (χ1n) is 7.62. The van der Waals surface area contributed by atoms with Gasteiger partial charge in [-0.3, -0.25) is 4.79 Å². The molecule has 2 unspecified atom stereocenters. The third kappa shape index (κ3) is 4.19. The van der Waals surface area contributed by atoms with E-state index < -0.39 is 0 Å². The number of amides is 1. The number of carbonyl (C=O) groups excluding carboxylic acids is 1. The maximum Gasteiger partial charge on any atom is 0.223 e. The molecule has 1 saturated carbocycles. The highest BCUT2D eigenvalue weighted by atomic mass is 35.5. The highest BCUT2D eigenvalue weighted by Gasteiger charge is 2.46. The van der Waals surface area contributed by atoms with Crippen molar-refractivity contribution < 1.29 is 9.18 Å². The third-order valence-corrected chi connectivity index (χ3v) is 4.52. The summed E-state index contributed by atoms with van der Waals surface area (Å²) in [6.07, 6.45) is 1.39. The minimum atomic E-state index is -0.334. The first-order valence-corrected chi connectivity index (χ1v) is 8.00. The Bertz CT molecular complexity index is 701. The Morgan fingerprint density at radius 1 is 1.25 bits per heavy atom. The van der Waals surface area contributed by atoms with Crippen LogP contribution in [0.4, 0.5) is 10.1 Å².